The van der Waals surface area contributed by atoms with Gasteiger partial charge < -0.3 is 0 Å². The first kappa shape index (κ1) is 17.2. The zero-order valence-corrected chi connectivity index (χ0v) is 15.8. The molecule has 3 fully saturated rings. The van der Waals surface area contributed by atoms with Crippen LogP contribution in [0.25, 0.3) is 0 Å². The Morgan fingerprint density at radius 2 is 1.76 bits per heavy atom. The van der Waals surface area contributed by atoms with Crippen molar-refractivity contribution in [1.82, 2.24) is 0 Å². The van der Waals surface area contributed by atoms with Crippen LogP contribution in [0.4, 0.5) is 0 Å². The number of hydrogen-bond donors (Lipinski definition) is 0. The van der Waals surface area contributed by atoms with E-state index >= 15 is 0 Å². The molecule has 0 aromatic heterocycles. The van der Waals surface area contributed by atoms with Crippen LogP contribution in [0.15, 0.2) is 11.6 Å². The molecule has 0 bridgehead atoms. The van der Waals surface area contributed by atoms with E-state index in [9.17, 15) is 14.4 Å². The zero-order valence-electron chi connectivity index (χ0n) is 15.8. The molecule has 0 radical (unpaired) electrons. The molecular weight excluding hydrogens is 312 g/mol. The second-order valence-corrected chi connectivity index (χ2v) is 9.36. The Morgan fingerprint density at radius 1 is 1.00 bits per heavy atom. The van der Waals surface area contributed by atoms with Gasteiger partial charge in [0.05, 0.1) is 5.41 Å². The van der Waals surface area contributed by atoms with Gasteiger partial charge in [0.2, 0.25) is 0 Å². The second-order valence-electron chi connectivity index (χ2n) is 9.36. The summed E-state index contributed by atoms with van der Waals surface area (Å²) in [5, 5.41) is 0. The molecule has 0 saturated heterocycles. The first-order chi connectivity index (χ1) is 11.8. The average Bonchev–Trinajstić information content (AvgIpc) is 2.91. The summed E-state index contributed by atoms with van der Waals surface area (Å²) in [6.07, 6.45) is 9.27. The third-order valence-electron chi connectivity index (χ3n) is 8.61. The molecule has 4 rings (SSSR count). The highest BCUT2D eigenvalue weighted by molar-refractivity contribution is 5.96. The topological polar surface area (TPSA) is 51.2 Å². The van der Waals surface area contributed by atoms with Crippen molar-refractivity contribution >= 4 is 17.3 Å². The van der Waals surface area contributed by atoms with Gasteiger partial charge in [-0.1, -0.05) is 12.5 Å². The number of hydrogen-bond acceptors (Lipinski definition) is 3. The van der Waals surface area contributed by atoms with E-state index in [-0.39, 0.29) is 28.3 Å². The van der Waals surface area contributed by atoms with Crippen molar-refractivity contribution in [3.8, 4) is 0 Å². The van der Waals surface area contributed by atoms with Crippen LogP contribution < -0.4 is 0 Å². The summed E-state index contributed by atoms with van der Waals surface area (Å²) in [5.41, 5.74) is 0.866. The fourth-order valence-electron chi connectivity index (χ4n) is 7.55. The number of ketones is 3. The molecule has 0 aromatic carbocycles. The van der Waals surface area contributed by atoms with Gasteiger partial charge in [-0.05, 0) is 88.0 Å². The van der Waals surface area contributed by atoms with Gasteiger partial charge in [-0.3, -0.25) is 14.4 Å². The van der Waals surface area contributed by atoms with Crippen LogP contribution in [0.3, 0.4) is 0 Å². The fraction of sp³-hybridized carbons (Fsp3) is 0.773. The van der Waals surface area contributed by atoms with Crippen molar-refractivity contribution < 1.29 is 14.4 Å². The quantitative estimate of drug-likeness (QED) is 0.752. The van der Waals surface area contributed by atoms with Crippen molar-refractivity contribution in [1.29, 1.82) is 0 Å². The Morgan fingerprint density at radius 3 is 2.44 bits per heavy atom. The van der Waals surface area contributed by atoms with Crippen molar-refractivity contribution in [2.75, 3.05) is 0 Å². The van der Waals surface area contributed by atoms with E-state index < -0.39 is 0 Å². The van der Waals surface area contributed by atoms with Crippen LogP contribution in [0.5, 0.6) is 0 Å². The summed E-state index contributed by atoms with van der Waals surface area (Å²) in [5.74, 6) is 2.50. The maximum Gasteiger partial charge on any atom is 0.155 e. The minimum Gasteiger partial charge on any atom is -0.300 e. The highest BCUT2D eigenvalue weighted by Crippen LogP contribution is 2.66. The Kier molecular flexibility index (Phi) is 3.86. The van der Waals surface area contributed by atoms with Gasteiger partial charge in [-0.15, -0.1) is 0 Å². The number of carbonyl (C=O) groups is 3. The van der Waals surface area contributed by atoms with Crippen LogP contribution >= 0.6 is 0 Å². The zero-order chi connectivity index (χ0) is 18.0. The molecule has 25 heavy (non-hydrogen) atoms. The van der Waals surface area contributed by atoms with E-state index in [0.717, 1.165) is 44.1 Å². The molecule has 3 nitrogen and oxygen atoms in total. The summed E-state index contributed by atoms with van der Waals surface area (Å²) >= 11 is 0. The predicted octanol–water partition coefficient (Wildman–Crippen LogP) is 4.29. The molecule has 0 spiro atoms. The van der Waals surface area contributed by atoms with Gasteiger partial charge in [0.1, 0.15) is 11.6 Å². The molecule has 4 aliphatic rings. The van der Waals surface area contributed by atoms with Crippen LogP contribution in [0.1, 0.15) is 72.1 Å². The second kappa shape index (κ2) is 5.62. The minimum atomic E-state index is -0.382. The SMILES string of the molecule is CC(=O)[C@H]1CC[C@H]2[C@@H]3CCC4=CC(=O)CC[C@]4(C(C)=O)[C@H]3CC[C@]12C. The average molecular weight is 342 g/mol. The molecule has 6 atom stereocenters. The molecule has 3 heteroatoms. The molecular formula is C22H30O3. The normalized spacial score (nSPS) is 45.9. The number of fused-ring (bicyclic) bond motifs is 5. The lowest BCUT2D eigenvalue weighted by Gasteiger charge is -2.58. The summed E-state index contributed by atoms with van der Waals surface area (Å²) in [4.78, 5) is 37.0. The highest BCUT2D eigenvalue weighted by Gasteiger charge is 2.62. The summed E-state index contributed by atoms with van der Waals surface area (Å²) < 4.78 is 0. The van der Waals surface area contributed by atoms with E-state index in [0.29, 0.717) is 36.4 Å². The molecule has 0 heterocycles. The Labute approximate surface area is 150 Å². The molecule has 136 valence electrons. The monoisotopic (exact) mass is 342 g/mol. The number of Topliss-reactive ketones (excluding diaryl/α,β-unsaturated/α-hetero) is 2. The predicted molar refractivity (Wildman–Crippen MR) is 95.9 cm³/mol. The minimum absolute atomic E-state index is 0.122. The Bertz CT molecular complexity index is 675. The van der Waals surface area contributed by atoms with Crippen LogP contribution in [-0.2, 0) is 14.4 Å². The smallest absolute Gasteiger partial charge is 0.155 e. The standard InChI is InChI=1S/C22H30O3/c1-13(23)18-6-7-19-17-5-4-15-12-16(25)8-11-22(15,14(2)24)20(17)9-10-21(18,19)3/h12,17-20H,4-11H2,1-3H3/t17-,18+,19-,20-,21+,22+/m0/s1. The molecule has 0 amide bonds. The van der Waals surface area contributed by atoms with Gasteiger partial charge in [-0.25, -0.2) is 0 Å². The number of carbonyl (C=O) groups excluding carboxylic acids is 3. The molecule has 0 N–H and O–H groups in total. The third-order valence-corrected chi connectivity index (χ3v) is 8.61. The van der Waals surface area contributed by atoms with Crippen molar-refractivity contribution in [2.45, 2.75) is 72.1 Å². The maximum atomic E-state index is 12.9. The summed E-state index contributed by atoms with van der Waals surface area (Å²) in [6.45, 7) is 5.84. The number of rotatable bonds is 2. The molecule has 3 saturated carbocycles. The van der Waals surface area contributed by atoms with Gasteiger partial charge in [0, 0.05) is 12.3 Å². The van der Waals surface area contributed by atoms with Gasteiger partial charge >= 0.3 is 0 Å². The van der Waals surface area contributed by atoms with Crippen LogP contribution in [0.2, 0.25) is 0 Å². The Balaban J connectivity index is 1.73. The number of allylic oxidation sites excluding steroid dienone is 1. The van der Waals surface area contributed by atoms with E-state index in [4.69, 9.17) is 0 Å². The van der Waals surface area contributed by atoms with Crippen molar-refractivity contribution in [3.05, 3.63) is 11.6 Å². The van der Waals surface area contributed by atoms with Gasteiger partial charge in [-0.2, -0.15) is 0 Å². The van der Waals surface area contributed by atoms with Crippen molar-refractivity contribution in [2.24, 2.45) is 34.5 Å². The van der Waals surface area contributed by atoms with E-state index in [1.807, 2.05) is 6.08 Å². The van der Waals surface area contributed by atoms with Gasteiger partial charge in [0.25, 0.3) is 0 Å². The summed E-state index contributed by atoms with van der Waals surface area (Å²) in [7, 11) is 0. The van der Waals surface area contributed by atoms with E-state index in [2.05, 4.69) is 6.92 Å². The molecule has 0 unspecified atom stereocenters. The summed E-state index contributed by atoms with van der Waals surface area (Å²) in [6, 6.07) is 0. The highest BCUT2D eigenvalue weighted by atomic mass is 16.1. The maximum absolute atomic E-state index is 12.9. The lowest BCUT2D eigenvalue weighted by Crippen LogP contribution is -2.54. The largest absolute Gasteiger partial charge is 0.300 e. The van der Waals surface area contributed by atoms with E-state index in [1.54, 1.807) is 13.8 Å². The lowest BCUT2D eigenvalue weighted by molar-refractivity contribution is -0.140. The third kappa shape index (κ3) is 2.20. The van der Waals surface area contributed by atoms with Gasteiger partial charge in [0.15, 0.2) is 5.78 Å². The van der Waals surface area contributed by atoms with Crippen LogP contribution in [0, 0.1) is 34.5 Å². The van der Waals surface area contributed by atoms with Crippen molar-refractivity contribution in [3.63, 3.8) is 0 Å². The lowest BCUT2D eigenvalue weighted by atomic mass is 9.45. The molecule has 0 aromatic rings. The molecule has 0 aliphatic heterocycles. The fourth-order valence-corrected chi connectivity index (χ4v) is 7.55. The molecule has 4 aliphatic carbocycles. The first-order valence-electron chi connectivity index (χ1n) is 10.1. The van der Waals surface area contributed by atoms with E-state index in [1.165, 1.54) is 0 Å². The Hall–Kier alpha value is -1.25. The van der Waals surface area contributed by atoms with Crippen LogP contribution in [-0.4, -0.2) is 17.3 Å². The first-order valence-corrected chi connectivity index (χ1v) is 10.1.